The minimum absolute atomic E-state index is 0.261. The Kier molecular flexibility index (Phi) is 4.57. The van der Waals surface area contributed by atoms with Crippen molar-refractivity contribution in [2.24, 2.45) is 5.92 Å². The lowest BCUT2D eigenvalue weighted by Gasteiger charge is -2.18. The molecular formula is C15H19N3O3. The molecule has 2 N–H and O–H groups in total. The molecule has 1 aromatic heterocycles. The number of rotatable bonds is 5. The Labute approximate surface area is 122 Å². The van der Waals surface area contributed by atoms with Gasteiger partial charge in [-0.3, -0.25) is 9.89 Å². The molecule has 0 bridgehead atoms. The van der Waals surface area contributed by atoms with Crippen LogP contribution in [0.5, 0.6) is 0 Å². The molecule has 1 aromatic carbocycles. The monoisotopic (exact) mass is 289 g/mol. The summed E-state index contributed by atoms with van der Waals surface area (Å²) in [5.74, 6) is -0.493. The normalized spacial score (nSPS) is 12.4. The Bertz CT molecular complexity index is 648. The number of hydrogen-bond acceptors (Lipinski definition) is 4. The number of aromatic nitrogens is 2. The van der Waals surface area contributed by atoms with E-state index < -0.39 is 12.0 Å². The van der Waals surface area contributed by atoms with E-state index >= 15 is 0 Å². The largest absolute Gasteiger partial charge is 0.467 e. The molecule has 0 spiro atoms. The maximum atomic E-state index is 12.4. The minimum atomic E-state index is -0.652. The molecule has 0 saturated carbocycles. The topological polar surface area (TPSA) is 84.1 Å². The molecule has 6 heteroatoms. The van der Waals surface area contributed by atoms with Crippen molar-refractivity contribution in [1.29, 1.82) is 0 Å². The maximum Gasteiger partial charge on any atom is 0.328 e. The van der Waals surface area contributed by atoms with Crippen LogP contribution in [0.4, 0.5) is 0 Å². The molecule has 112 valence electrons. The third-order valence-electron chi connectivity index (χ3n) is 3.22. The summed E-state index contributed by atoms with van der Waals surface area (Å²) < 4.78 is 4.75. The van der Waals surface area contributed by atoms with Gasteiger partial charge >= 0.3 is 5.97 Å². The van der Waals surface area contributed by atoms with Gasteiger partial charge in [0.15, 0.2) is 0 Å². The number of nitrogens with one attached hydrogen (secondary N) is 2. The van der Waals surface area contributed by atoms with Gasteiger partial charge < -0.3 is 10.1 Å². The van der Waals surface area contributed by atoms with Gasteiger partial charge in [0.05, 0.1) is 24.4 Å². The van der Waals surface area contributed by atoms with Crippen molar-refractivity contribution in [3.05, 3.63) is 30.0 Å². The van der Waals surface area contributed by atoms with Crippen molar-refractivity contribution in [1.82, 2.24) is 15.5 Å². The average Bonchev–Trinajstić information content (AvgIpc) is 2.93. The summed E-state index contributed by atoms with van der Waals surface area (Å²) in [6.07, 6.45) is 2.18. The molecule has 0 aliphatic rings. The number of para-hydroxylation sites is 1. The van der Waals surface area contributed by atoms with Crippen LogP contribution in [0.25, 0.3) is 10.9 Å². The van der Waals surface area contributed by atoms with Crippen molar-refractivity contribution in [2.45, 2.75) is 26.3 Å². The summed E-state index contributed by atoms with van der Waals surface area (Å²) in [5.41, 5.74) is 1.12. The second-order valence-electron chi connectivity index (χ2n) is 5.32. The van der Waals surface area contributed by atoms with E-state index in [0.29, 0.717) is 17.5 Å². The van der Waals surface area contributed by atoms with Crippen molar-refractivity contribution in [2.75, 3.05) is 7.11 Å². The molecular weight excluding hydrogens is 270 g/mol. The predicted molar refractivity (Wildman–Crippen MR) is 78.8 cm³/mol. The third-order valence-corrected chi connectivity index (χ3v) is 3.22. The predicted octanol–water partition coefficient (Wildman–Crippen LogP) is 1.88. The number of H-pyrrole nitrogens is 1. The van der Waals surface area contributed by atoms with Gasteiger partial charge in [-0.2, -0.15) is 5.10 Å². The van der Waals surface area contributed by atoms with E-state index in [1.165, 1.54) is 7.11 Å². The van der Waals surface area contributed by atoms with Crippen LogP contribution < -0.4 is 5.32 Å². The lowest BCUT2D eigenvalue weighted by Crippen LogP contribution is -2.42. The van der Waals surface area contributed by atoms with Crippen molar-refractivity contribution < 1.29 is 14.3 Å². The second-order valence-corrected chi connectivity index (χ2v) is 5.32. The number of fused-ring (bicyclic) bond motifs is 1. The Hall–Kier alpha value is -2.37. The fourth-order valence-corrected chi connectivity index (χ4v) is 2.22. The molecule has 0 aliphatic carbocycles. The molecule has 1 unspecified atom stereocenters. The Morgan fingerprint density at radius 3 is 2.81 bits per heavy atom. The third kappa shape index (κ3) is 3.39. The van der Waals surface area contributed by atoms with E-state index in [0.717, 1.165) is 5.39 Å². The van der Waals surface area contributed by atoms with Crippen LogP contribution in [-0.4, -0.2) is 35.2 Å². The van der Waals surface area contributed by atoms with Crippen LogP contribution in [0.2, 0.25) is 0 Å². The molecule has 0 saturated heterocycles. The molecule has 1 atom stereocenters. The highest BCUT2D eigenvalue weighted by Crippen LogP contribution is 2.16. The van der Waals surface area contributed by atoms with E-state index in [1.54, 1.807) is 18.3 Å². The number of methoxy groups -OCH3 is 1. The zero-order chi connectivity index (χ0) is 15.4. The van der Waals surface area contributed by atoms with Gasteiger partial charge in [0.25, 0.3) is 5.91 Å². The lowest BCUT2D eigenvalue weighted by atomic mass is 10.0. The summed E-state index contributed by atoms with van der Waals surface area (Å²) >= 11 is 0. The number of ether oxygens (including phenoxy) is 1. The Balaban J connectivity index is 2.22. The molecule has 6 nitrogen and oxygen atoms in total. The number of amides is 1. The highest BCUT2D eigenvalue weighted by atomic mass is 16.5. The summed E-state index contributed by atoms with van der Waals surface area (Å²) in [6.45, 7) is 3.97. The molecule has 21 heavy (non-hydrogen) atoms. The highest BCUT2D eigenvalue weighted by Gasteiger charge is 2.24. The van der Waals surface area contributed by atoms with Crippen LogP contribution in [0, 0.1) is 5.92 Å². The Morgan fingerprint density at radius 2 is 2.14 bits per heavy atom. The first kappa shape index (κ1) is 15.0. The fourth-order valence-electron chi connectivity index (χ4n) is 2.22. The summed E-state index contributed by atoms with van der Waals surface area (Å²) in [6, 6.07) is 4.68. The highest BCUT2D eigenvalue weighted by molar-refractivity contribution is 6.06. The van der Waals surface area contributed by atoms with Gasteiger partial charge in [-0.1, -0.05) is 26.0 Å². The van der Waals surface area contributed by atoms with Gasteiger partial charge in [0.1, 0.15) is 6.04 Å². The first-order chi connectivity index (χ1) is 10.0. The van der Waals surface area contributed by atoms with Crippen molar-refractivity contribution in [3.63, 3.8) is 0 Å². The average molecular weight is 289 g/mol. The zero-order valence-corrected chi connectivity index (χ0v) is 12.3. The molecule has 2 rings (SSSR count). The minimum Gasteiger partial charge on any atom is -0.467 e. The number of nitrogens with zero attached hydrogens (tertiary/aromatic N) is 1. The van der Waals surface area contributed by atoms with Crippen LogP contribution in [0.3, 0.4) is 0 Å². The van der Waals surface area contributed by atoms with Crippen LogP contribution in [-0.2, 0) is 9.53 Å². The number of hydrogen-bond donors (Lipinski definition) is 2. The molecule has 0 fully saturated rings. The standard InChI is InChI=1S/C15H19N3O3/c1-9(2)7-12(15(20)21-3)17-14(19)11-6-4-5-10-8-16-18-13(10)11/h4-6,8-9,12H,7H2,1-3H3,(H,16,18)(H,17,19). The van der Waals surface area contributed by atoms with Gasteiger partial charge in [-0.25, -0.2) is 4.79 Å². The number of aromatic amines is 1. The second kappa shape index (κ2) is 6.39. The van der Waals surface area contributed by atoms with E-state index in [1.807, 2.05) is 19.9 Å². The van der Waals surface area contributed by atoms with Crippen LogP contribution in [0.15, 0.2) is 24.4 Å². The van der Waals surface area contributed by atoms with E-state index in [-0.39, 0.29) is 11.8 Å². The van der Waals surface area contributed by atoms with Crippen molar-refractivity contribution >= 4 is 22.8 Å². The molecule has 0 radical (unpaired) electrons. The van der Waals surface area contributed by atoms with E-state index in [9.17, 15) is 9.59 Å². The molecule has 1 heterocycles. The summed E-state index contributed by atoms with van der Waals surface area (Å²) in [4.78, 5) is 24.2. The van der Waals surface area contributed by atoms with Crippen LogP contribution in [0.1, 0.15) is 30.6 Å². The molecule has 2 aromatic rings. The maximum absolute atomic E-state index is 12.4. The quantitative estimate of drug-likeness (QED) is 0.823. The molecule has 1 amide bonds. The van der Waals surface area contributed by atoms with Gasteiger partial charge in [-0.15, -0.1) is 0 Å². The SMILES string of the molecule is COC(=O)C(CC(C)C)NC(=O)c1cccc2cn[nH]c12. The summed E-state index contributed by atoms with van der Waals surface area (Å²) in [7, 11) is 1.32. The molecule has 0 aliphatic heterocycles. The number of carbonyl (C=O) groups excluding carboxylic acids is 2. The van der Waals surface area contributed by atoms with Crippen LogP contribution >= 0.6 is 0 Å². The van der Waals surface area contributed by atoms with Crippen molar-refractivity contribution in [3.8, 4) is 0 Å². The number of benzene rings is 1. The number of carbonyl (C=O) groups is 2. The van der Waals surface area contributed by atoms with E-state index in [4.69, 9.17) is 4.74 Å². The summed E-state index contributed by atoms with van der Waals surface area (Å²) in [5, 5.41) is 10.3. The van der Waals surface area contributed by atoms with Gasteiger partial charge in [-0.05, 0) is 18.4 Å². The first-order valence-electron chi connectivity index (χ1n) is 6.83. The smallest absolute Gasteiger partial charge is 0.328 e. The van der Waals surface area contributed by atoms with E-state index in [2.05, 4.69) is 15.5 Å². The van der Waals surface area contributed by atoms with Gasteiger partial charge in [0, 0.05) is 5.39 Å². The Morgan fingerprint density at radius 1 is 1.38 bits per heavy atom. The first-order valence-corrected chi connectivity index (χ1v) is 6.83. The fraction of sp³-hybridized carbons (Fsp3) is 0.400. The van der Waals surface area contributed by atoms with Gasteiger partial charge in [0.2, 0.25) is 0 Å². The lowest BCUT2D eigenvalue weighted by molar-refractivity contribution is -0.143. The zero-order valence-electron chi connectivity index (χ0n) is 12.3. The number of esters is 1.